The average molecular weight is 393 g/mol. The molecule has 2 aromatic rings. The molecule has 8 heteroatoms. The van der Waals surface area contributed by atoms with Crippen LogP contribution in [0.2, 0.25) is 5.02 Å². The van der Waals surface area contributed by atoms with E-state index in [-0.39, 0.29) is 24.3 Å². The second-order valence-corrected chi connectivity index (χ2v) is 8.09. The van der Waals surface area contributed by atoms with E-state index in [1.165, 1.54) is 12.1 Å². The van der Waals surface area contributed by atoms with Crippen molar-refractivity contribution in [1.29, 1.82) is 0 Å². The quantitative estimate of drug-likeness (QED) is 0.846. The first kappa shape index (κ1) is 18.4. The third kappa shape index (κ3) is 3.59. The number of benzene rings is 2. The van der Waals surface area contributed by atoms with Crippen LogP contribution >= 0.6 is 11.6 Å². The summed E-state index contributed by atoms with van der Waals surface area (Å²) < 4.78 is 26.3. The highest BCUT2D eigenvalue weighted by Crippen LogP contribution is 2.27. The summed E-state index contributed by atoms with van der Waals surface area (Å²) in [5.74, 6) is -1.10. The third-order valence-electron chi connectivity index (χ3n) is 4.17. The normalized spacial score (nSPS) is 17.3. The first-order chi connectivity index (χ1) is 12.4. The van der Waals surface area contributed by atoms with Crippen LogP contribution in [0.25, 0.3) is 0 Å². The molecular weight excluding hydrogens is 376 g/mol. The SMILES string of the molecule is O=C(NCc1ccccc1Cl)C1CCC(=O)N1S(=O)(=O)c1ccccc1. The number of halogens is 1. The van der Waals surface area contributed by atoms with Crippen LogP contribution in [0.3, 0.4) is 0 Å². The van der Waals surface area contributed by atoms with Crippen molar-refractivity contribution in [3.05, 3.63) is 65.2 Å². The topological polar surface area (TPSA) is 83.6 Å². The van der Waals surface area contributed by atoms with E-state index in [4.69, 9.17) is 11.6 Å². The fourth-order valence-corrected chi connectivity index (χ4v) is 4.67. The highest BCUT2D eigenvalue weighted by molar-refractivity contribution is 7.89. The zero-order valence-electron chi connectivity index (χ0n) is 13.8. The second-order valence-electron chi connectivity index (χ2n) is 5.87. The van der Waals surface area contributed by atoms with Crippen LogP contribution in [0.1, 0.15) is 18.4 Å². The molecule has 1 aliphatic heterocycles. The molecule has 1 aliphatic rings. The average Bonchev–Trinajstić information content (AvgIpc) is 3.04. The first-order valence-electron chi connectivity index (χ1n) is 8.04. The number of hydrogen-bond donors (Lipinski definition) is 1. The number of hydrogen-bond acceptors (Lipinski definition) is 4. The number of rotatable bonds is 5. The number of sulfonamides is 1. The summed E-state index contributed by atoms with van der Waals surface area (Å²) >= 11 is 6.06. The van der Waals surface area contributed by atoms with Crippen molar-refractivity contribution in [1.82, 2.24) is 9.62 Å². The molecule has 1 heterocycles. The van der Waals surface area contributed by atoms with E-state index < -0.39 is 27.9 Å². The first-order valence-corrected chi connectivity index (χ1v) is 9.86. The minimum Gasteiger partial charge on any atom is -0.350 e. The molecule has 0 saturated carbocycles. The summed E-state index contributed by atoms with van der Waals surface area (Å²) in [5.41, 5.74) is 0.712. The van der Waals surface area contributed by atoms with Gasteiger partial charge in [0.15, 0.2) is 0 Å². The Labute approximate surface area is 156 Å². The summed E-state index contributed by atoms with van der Waals surface area (Å²) in [6, 6.07) is 13.6. The fraction of sp³-hybridized carbons (Fsp3) is 0.222. The molecule has 1 saturated heterocycles. The molecule has 0 aliphatic carbocycles. The molecule has 1 fully saturated rings. The van der Waals surface area contributed by atoms with E-state index in [9.17, 15) is 18.0 Å². The van der Waals surface area contributed by atoms with Crippen molar-refractivity contribution >= 4 is 33.4 Å². The van der Waals surface area contributed by atoms with Crippen molar-refractivity contribution in [3.63, 3.8) is 0 Å². The van der Waals surface area contributed by atoms with Gasteiger partial charge in [0.25, 0.3) is 10.0 Å². The molecule has 26 heavy (non-hydrogen) atoms. The van der Waals surface area contributed by atoms with Gasteiger partial charge in [-0.15, -0.1) is 0 Å². The molecule has 0 aromatic heterocycles. The molecule has 0 bridgehead atoms. The molecule has 1 unspecified atom stereocenters. The maximum Gasteiger partial charge on any atom is 0.267 e. The van der Waals surface area contributed by atoms with Gasteiger partial charge in [0.2, 0.25) is 11.8 Å². The lowest BCUT2D eigenvalue weighted by Gasteiger charge is -2.23. The zero-order chi connectivity index (χ0) is 18.7. The Morgan fingerprint density at radius 2 is 1.77 bits per heavy atom. The van der Waals surface area contributed by atoms with Gasteiger partial charge in [-0.2, -0.15) is 0 Å². The van der Waals surface area contributed by atoms with E-state index in [1.807, 2.05) is 0 Å². The summed E-state index contributed by atoms with van der Waals surface area (Å²) in [7, 11) is -4.08. The van der Waals surface area contributed by atoms with Crippen LogP contribution in [-0.2, 0) is 26.2 Å². The van der Waals surface area contributed by atoms with Crippen molar-refractivity contribution in [2.45, 2.75) is 30.3 Å². The van der Waals surface area contributed by atoms with Gasteiger partial charge in [0.1, 0.15) is 6.04 Å². The van der Waals surface area contributed by atoms with Gasteiger partial charge in [-0.25, -0.2) is 12.7 Å². The highest BCUT2D eigenvalue weighted by atomic mass is 35.5. The van der Waals surface area contributed by atoms with Crippen LogP contribution < -0.4 is 5.32 Å². The van der Waals surface area contributed by atoms with Crippen molar-refractivity contribution in [2.75, 3.05) is 0 Å². The van der Waals surface area contributed by atoms with E-state index in [0.717, 1.165) is 0 Å². The smallest absolute Gasteiger partial charge is 0.267 e. The summed E-state index contributed by atoms with van der Waals surface area (Å²) in [4.78, 5) is 24.7. The largest absolute Gasteiger partial charge is 0.350 e. The van der Waals surface area contributed by atoms with Gasteiger partial charge in [-0.1, -0.05) is 48.0 Å². The molecular formula is C18H17ClN2O4S. The van der Waals surface area contributed by atoms with Gasteiger partial charge in [-0.3, -0.25) is 9.59 Å². The van der Waals surface area contributed by atoms with Crippen LogP contribution in [0, 0.1) is 0 Å². The van der Waals surface area contributed by atoms with E-state index in [1.54, 1.807) is 42.5 Å². The molecule has 3 rings (SSSR count). The third-order valence-corrected chi connectivity index (χ3v) is 6.39. The maximum atomic E-state index is 12.8. The number of nitrogens with one attached hydrogen (secondary N) is 1. The molecule has 0 radical (unpaired) electrons. The van der Waals surface area contributed by atoms with E-state index in [2.05, 4.69) is 5.32 Å². The Morgan fingerprint density at radius 3 is 2.46 bits per heavy atom. The van der Waals surface area contributed by atoms with Crippen LogP contribution in [-0.4, -0.2) is 30.6 Å². The Balaban J connectivity index is 1.79. The number of amides is 2. The Hall–Kier alpha value is -2.38. The highest BCUT2D eigenvalue weighted by Gasteiger charge is 2.44. The van der Waals surface area contributed by atoms with Crippen LogP contribution in [0.4, 0.5) is 0 Å². The van der Waals surface area contributed by atoms with E-state index >= 15 is 0 Å². The van der Waals surface area contributed by atoms with Gasteiger partial charge in [0.05, 0.1) is 4.90 Å². The molecule has 1 N–H and O–H groups in total. The van der Waals surface area contributed by atoms with Crippen molar-refractivity contribution in [3.8, 4) is 0 Å². The molecule has 0 spiro atoms. The lowest BCUT2D eigenvalue weighted by molar-refractivity contribution is -0.130. The molecule has 6 nitrogen and oxygen atoms in total. The molecule has 2 aromatic carbocycles. The van der Waals surface area contributed by atoms with Crippen LogP contribution in [0.15, 0.2) is 59.5 Å². The predicted molar refractivity (Wildman–Crippen MR) is 96.8 cm³/mol. The van der Waals surface area contributed by atoms with Crippen LogP contribution in [0.5, 0.6) is 0 Å². The minimum atomic E-state index is -4.08. The number of carbonyl (C=O) groups excluding carboxylic acids is 2. The van der Waals surface area contributed by atoms with Gasteiger partial charge in [-0.05, 0) is 30.2 Å². The summed E-state index contributed by atoms with van der Waals surface area (Å²) in [5, 5.41) is 3.18. The predicted octanol–water partition coefficient (Wildman–Crippen LogP) is 2.34. The number of nitrogens with zero attached hydrogens (tertiary/aromatic N) is 1. The van der Waals surface area contributed by atoms with E-state index in [0.29, 0.717) is 14.9 Å². The monoisotopic (exact) mass is 392 g/mol. The van der Waals surface area contributed by atoms with Gasteiger partial charge >= 0.3 is 0 Å². The number of carbonyl (C=O) groups is 2. The second kappa shape index (κ2) is 7.47. The molecule has 1 atom stereocenters. The zero-order valence-corrected chi connectivity index (χ0v) is 15.3. The Kier molecular flexibility index (Phi) is 5.29. The molecule has 136 valence electrons. The van der Waals surface area contributed by atoms with Crippen molar-refractivity contribution in [2.24, 2.45) is 0 Å². The fourth-order valence-electron chi connectivity index (χ4n) is 2.85. The maximum absolute atomic E-state index is 12.8. The minimum absolute atomic E-state index is 0.0102. The summed E-state index contributed by atoms with van der Waals surface area (Å²) in [6.07, 6.45) is 0.162. The van der Waals surface area contributed by atoms with Gasteiger partial charge in [0, 0.05) is 18.0 Å². The van der Waals surface area contributed by atoms with Gasteiger partial charge < -0.3 is 5.32 Å². The lowest BCUT2D eigenvalue weighted by Crippen LogP contribution is -2.47. The molecule has 2 amide bonds. The lowest BCUT2D eigenvalue weighted by atomic mass is 10.2. The standard InChI is InChI=1S/C18H17ClN2O4S/c19-15-9-5-4-6-13(15)12-20-18(23)16-10-11-17(22)21(16)26(24,25)14-7-2-1-3-8-14/h1-9,16H,10-12H2,(H,20,23). The Morgan fingerprint density at radius 1 is 1.12 bits per heavy atom. The summed E-state index contributed by atoms with van der Waals surface area (Å²) in [6.45, 7) is 0.155. The Bertz CT molecular complexity index is 931. The van der Waals surface area contributed by atoms with Crippen molar-refractivity contribution < 1.29 is 18.0 Å².